The van der Waals surface area contributed by atoms with Gasteiger partial charge in [0.1, 0.15) is 23.0 Å². The van der Waals surface area contributed by atoms with E-state index in [9.17, 15) is 22.4 Å². The molecular formula is C26H25F4N7O2. The number of amides is 1. The average Bonchev–Trinajstić information content (AvgIpc) is 2.91. The highest BCUT2D eigenvalue weighted by molar-refractivity contribution is 6.41. The summed E-state index contributed by atoms with van der Waals surface area (Å²) >= 11 is 0. The summed E-state index contributed by atoms with van der Waals surface area (Å²) < 4.78 is 58.1. The van der Waals surface area contributed by atoms with Crippen molar-refractivity contribution in [3.05, 3.63) is 83.2 Å². The molecule has 9 nitrogen and oxygen atoms in total. The van der Waals surface area contributed by atoms with Crippen LogP contribution < -0.4 is 16.4 Å². The number of rotatable bonds is 5. The molecule has 0 bridgehead atoms. The van der Waals surface area contributed by atoms with Gasteiger partial charge in [0, 0.05) is 36.2 Å². The average molecular weight is 544 g/mol. The Bertz CT molecular complexity index is 1410. The van der Waals surface area contributed by atoms with E-state index in [2.05, 4.69) is 32.2 Å². The lowest BCUT2D eigenvalue weighted by Gasteiger charge is -2.29. The number of hydrogen-bond donors (Lipinski definition) is 3. The fourth-order valence-electron chi connectivity index (χ4n) is 3.80. The first-order valence-corrected chi connectivity index (χ1v) is 11.8. The van der Waals surface area contributed by atoms with Gasteiger partial charge < -0.3 is 26.0 Å². The van der Waals surface area contributed by atoms with Gasteiger partial charge in [0.05, 0.1) is 25.0 Å². The molecular weight excluding hydrogens is 518 g/mol. The Hall–Kier alpha value is -4.52. The highest BCUT2D eigenvalue weighted by Crippen LogP contribution is 2.33. The molecule has 0 unspecified atom stereocenters. The molecule has 39 heavy (non-hydrogen) atoms. The number of nitrogens with one attached hydrogen (secondary N) is 2. The summed E-state index contributed by atoms with van der Waals surface area (Å²) in [6.45, 7) is 7.69. The van der Waals surface area contributed by atoms with E-state index in [0.29, 0.717) is 61.5 Å². The van der Waals surface area contributed by atoms with E-state index in [4.69, 9.17) is 10.5 Å². The van der Waals surface area contributed by atoms with Crippen LogP contribution >= 0.6 is 0 Å². The second kappa shape index (κ2) is 11.5. The number of hydrogen-bond acceptors (Lipinski definition) is 8. The first-order chi connectivity index (χ1) is 18.6. The third-order valence-corrected chi connectivity index (χ3v) is 5.83. The van der Waals surface area contributed by atoms with Crippen molar-refractivity contribution in [3.8, 4) is 0 Å². The monoisotopic (exact) mass is 543 g/mol. The van der Waals surface area contributed by atoms with Crippen LogP contribution in [-0.4, -0.2) is 55.0 Å². The Morgan fingerprint density at radius 2 is 1.92 bits per heavy atom. The van der Waals surface area contributed by atoms with E-state index in [1.54, 1.807) is 13.0 Å². The number of carbonyl (C=O) groups is 1. The van der Waals surface area contributed by atoms with Crippen LogP contribution in [0.2, 0.25) is 0 Å². The Morgan fingerprint density at radius 3 is 2.62 bits per heavy atom. The summed E-state index contributed by atoms with van der Waals surface area (Å²) in [6, 6.07) is 6.87. The number of nitrogens with zero attached hydrogens (tertiary/aromatic N) is 4. The largest absolute Gasteiger partial charge is 0.419 e. The second-order valence-electron chi connectivity index (χ2n) is 8.53. The maximum atomic E-state index is 13.6. The number of allylic oxidation sites excluding steroid dienone is 1. The molecule has 13 heteroatoms. The first-order valence-electron chi connectivity index (χ1n) is 11.8. The number of morpholine rings is 1. The van der Waals surface area contributed by atoms with E-state index in [1.165, 1.54) is 24.5 Å². The molecule has 4 N–H and O–H groups in total. The predicted octanol–water partition coefficient (Wildman–Crippen LogP) is 4.30. The van der Waals surface area contributed by atoms with Crippen LogP contribution in [0, 0.1) is 12.7 Å². The number of alkyl halides is 3. The molecule has 1 amide bonds. The van der Waals surface area contributed by atoms with E-state index in [1.807, 2.05) is 4.90 Å². The Balaban J connectivity index is 1.60. The smallest absolute Gasteiger partial charge is 0.383 e. The number of aliphatic imine (C=N–C) groups is 3. The lowest BCUT2D eigenvalue weighted by Crippen LogP contribution is -2.41. The van der Waals surface area contributed by atoms with Crippen LogP contribution in [0.15, 0.2) is 75.7 Å². The molecule has 2 heterocycles. The van der Waals surface area contributed by atoms with E-state index < -0.39 is 23.5 Å². The quantitative estimate of drug-likeness (QED) is 0.487. The van der Waals surface area contributed by atoms with Crippen molar-refractivity contribution in [2.24, 2.45) is 20.7 Å². The molecule has 2 aromatic carbocycles. The lowest BCUT2D eigenvalue weighted by atomic mass is 10.1. The molecule has 1 fully saturated rings. The number of benzene rings is 2. The van der Waals surface area contributed by atoms with Crippen molar-refractivity contribution in [2.45, 2.75) is 13.1 Å². The molecule has 204 valence electrons. The SMILES string of the molecule is C=C/N=C1/C=NC(N2CCOCC2)=N/C1=C(/N)Nc1cc(C(=O)Nc2ccc(F)c(C(F)(F)F)c2)ccc1C. The van der Waals surface area contributed by atoms with Gasteiger partial charge in [-0.15, -0.1) is 0 Å². The molecule has 2 aromatic rings. The Morgan fingerprint density at radius 1 is 1.18 bits per heavy atom. The molecule has 0 aromatic heterocycles. The zero-order chi connectivity index (χ0) is 28.2. The molecule has 0 spiro atoms. The summed E-state index contributed by atoms with van der Waals surface area (Å²) in [7, 11) is 0. The van der Waals surface area contributed by atoms with Crippen LogP contribution in [0.5, 0.6) is 0 Å². The van der Waals surface area contributed by atoms with Crippen molar-refractivity contribution in [3.63, 3.8) is 0 Å². The van der Waals surface area contributed by atoms with Crippen LogP contribution in [-0.2, 0) is 10.9 Å². The van der Waals surface area contributed by atoms with E-state index >= 15 is 0 Å². The van der Waals surface area contributed by atoms with Crippen molar-refractivity contribution < 1.29 is 27.1 Å². The maximum absolute atomic E-state index is 13.6. The number of guanidine groups is 1. The van der Waals surface area contributed by atoms with Crippen LogP contribution in [0.4, 0.5) is 28.9 Å². The van der Waals surface area contributed by atoms with Gasteiger partial charge in [-0.1, -0.05) is 12.6 Å². The number of ether oxygens (including phenoxy) is 1. The van der Waals surface area contributed by atoms with Gasteiger partial charge in [-0.25, -0.2) is 14.4 Å². The van der Waals surface area contributed by atoms with Crippen molar-refractivity contribution in [2.75, 3.05) is 36.9 Å². The minimum atomic E-state index is -4.90. The minimum Gasteiger partial charge on any atom is -0.383 e. The molecule has 0 aliphatic carbocycles. The molecule has 4 rings (SSSR count). The van der Waals surface area contributed by atoms with Gasteiger partial charge in [0.15, 0.2) is 0 Å². The fraction of sp³-hybridized carbons (Fsp3) is 0.231. The Labute approximate surface area is 221 Å². The number of anilines is 2. The van der Waals surface area contributed by atoms with Gasteiger partial charge in [0.2, 0.25) is 5.96 Å². The number of aryl methyl sites for hydroxylation is 1. The first kappa shape index (κ1) is 27.5. The molecule has 2 aliphatic heterocycles. The molecule has 0 radical (unpaired) electrons. The molecule has 0 saturated carbocycles. The van der Waals surface area contributed by atoms with Crippen molar-refractivity contribution >= 4 is 35.2 Å². The zero-order valence-electron chi connectivity index (χ0n) is 20.8. The Kier molecular flexibility index (Phi) is 8.10. The van der Waals surface area contributed by atoms with Crippen molar-refractivity contribution in [1.29, 1.82) is 0 Å². The topological polar surface area (TPSA) is 117 Å². The number of halogens is 4. The highest BCUT2D eigenvalue weighted by atomic mass is 19.4. The predicted molar refractivity (Wildman–Crippen MR) is 141 cm³/mol. The molecule has 0 atom stereocenters. The summed E-state index contributed by atoms with van der Waals surface area (Å²) in [5, 5.41) is 5.40. The fourth-order valence-corrected chi connectivity index (χ4v) is 3.80. The molecule has 1 saturated heterocycles. The van der Waals surface area contributed by atoms with E-state index in [-0.39, 0.29) is 17.1 Å². The summed E-state index contributed by atoms with van der Waals surface area (Å²) in [5.74, 6) is -1.56. The second-order valence-corrected chi connectivity index (χ2v) is 8.53. The molecule has 2 aliphatic rings. The standard InChI is InChI=1S/C26H25F4N7O2/c1-3-32-21-14-33-25(37-8-10-39-11-9-37)36-22(21)23(31)35-20-12-16(5-4-15(20)2)24(38)34-17-6-7-19(27)18(13-17)26(28,29)30/h3-7,12-14,35H,1,8-11,31H2,2H3,(H,34,38)/b23-22-,32-21-. The van der Waals surface area contributed by atoms with Crippen LogP contribution in [0.25, 0.3) is 0 Å². The van der Waals surface area contributed by atoms with Gasteiger partial charge in [-0.3, -0.25) is 9.79 Å². The number of nitrogens with two attached hydrogens (primary N) is 1. The summed E-state index contributed by atoms with van der Waals surface area (Å²) in [6.07, 6.45) is -2.05. The van der Waals surface area contributed by atoms with Gasteiger partial charge in [-0.05, 0) is 42.8 Å². The van der Waals surface area contributed by atoms with Crippen LogP contribution in [0.1, 0.15) is 21.5 Å². The van der Waals surface area contributed by atoms with Gasteiger partial charge >= 0.3 is 6.18 Å². The normalized spacial score (nSPS) is 18.0. The zero-order valence-corrected chi connectivity index (χ0v) is 20.8. The maximum Gasteiger partial charge on any atom is 0.419 e. The highest BCUT2D eigenvalue weighted by Gasteiger charge is 2.34. The third-order valence-electron chi connectivity index (χ3n) is 5.83. The van der Waals surface area contributed by atoms with E-state index in [0.717, 1.165) is 11.6 Å². The number of carbonyl (C=O) groups excluding carboxylic acids is 1. The van der Waals surface area contributed by atoms with Crippen LogP contribution in [0.3, 0.4) is 0 Å². The lowest BCUT2D eigenvalue weighted by molar-refractivity contribution is -0.139. The minimum absolute atomic E-state index is 0.126. The third kappa shape index (κ3) is 6.49. The summed E-state index contributed by atoms with van der Waals surface area (Å²) in [4.78, 5) is 27.9. The van der Waals surface area contributed by atoms with Crippen molar-refractivity contribution in [1.82, 2.24) is 4.90 Å². The summed E-state index contributed by atoms with van der Waals surface area (Å²) in [5.41, 5.74) is 6.68. The van der Waals surface area contributed by atoms with Gasteiger partial charge in [0.25, 0.3) is 5.91 Å². The van der Waals surface area contributed by atoms with Gasteiger partial charge in [-0.2, -0.15) is 13.2 Å².